The van der Waals surface area contributed by atoms with Crippen LogP contribution < -0.4 is 16.3 Å². The summed E-state index contributed by atoms with van der Waals surface area (Å²) in [5, 5.41) is 2.40. The largest absolute Gasteiger partial charge is 0.356 e. The Morgan fingerprint density at radius 1 is 0.917 bits per heavy atom. The summed E-state index contributed by atoms with van der Waals surface area (Å²) in [4.78, 5) is 33.5. The van der Waals surface area contributed by atoms with Gasteiger partial charge in [-0.3, -0.25) is 9.59 Å². The molecule has 1 unspecified atom stereocenters. The van der Waals surface area contributed by atoms with Gasteiger partial charge in [-0.2, -0.15) is 0 Å². The monoisotopic (exact) mass is 488 g/mol. The molecule has 0 aliphatic rings. The Kier molecular flexibility index (Phi) is 9.22. The molecule has 190 valence electrons. The maximum absolute atomic E-state index is 14.1. The lowest BCUT2D eigenvalue weighted by Gasteiger charge is -2.46. The minimum atomic E-state index is -1.12. The molecular weight excluding hydrogens is 452 g/mol. The second-order valence-electron chi connectivity index (χ2n) is 8.90. The maximum atomic E-state index is 14.1. The van der Waals surface area contributed by atoms with Crippen molar-refractivity contribution in [1.29, 1.82) is 0 Å². The van der Waals surface area contributed by atoms with Crippen molar-refractivity contribution < 1.29 is 14.4 Å². The minimum Gasteiger partial charge on any atom is -0.356 e. The highest BCUT2D eigenvalue weighted by Gasteiger charge is 2.46. The molecule has 1 atom stereocenters. The van der Waals surface area contributed by atoms with Gasteiger partial charge in [0.05, 0.1) is 6.04 Å². The molecule has 7 nitrogen and oxygen atoms in total. The highest BCUT2D eigenvalue weighted by molar-refractivity contribution is 5.85. The molecule has 0 aromatic heterocycles. The summed E-state index contributed by atoms with van der Waals surface area (Å²) in [6.07, 6.45) is 2.16. The first-order chi connectivity index (χ1) is 17.3. The smallest absolute Gasteiger partial charge is 0.275 e. The number of hydroxylamine groups is 1. The van der Waals surface area contributed by atoms with E-state index in [1.807, 2.05) is 86.6 Å². The predicted octanol–water partition coefficient (Wildman–Crippen LogP) is 4.51. The van der Waals surface area contributed by atoms with Crippen LogP contribution in [-0.2, 0) is 21.7 Å². The van der Waals surface area contributed by atoms with E-state index in [2.05, 4.69) is 0 Å². The number of nitrogens with zero attached hydrogens (tertiary/aromatic N) is 2. The summed E-state index contributed by atoms with van der Waals surface area (Å²) in [6.45, 7) is 5.51. The van der Waals surface area contributed by atoms with Gasteiger partial charge in [0.15, 0.2) is 5.75 Å². The van der Waals surface area contributed by atoms with Gasteiger partial charge in [-0.05, 0) is 30.5 Å². The third kappa shape index (κ3) is 5.75. The average Bonchev–Trinajstić information content (AvgIpc) is 2.92. The third-order valence-corrected chi connectivity index (χ3v) is 6.32. The number of carbonyl (C=O) groups excluding carboxylic acids is 2. The Balaban J connectivity index is 2.24. The van der Waals surface area contributed by atoms with E-state index in [0.717, 1.165) is 29.1 Å². The molecular formula is C29H36N4O3. The van der Waals surface area contributed by atoms with Crippen LogP contribution in [0.3, 0.4) is 0 Å². The summed E-state index contributed by atoms with van der Waals surface area (Å²) in [5.41, 5.74) is 13.5. The number of amides is 2. The van der Waals surface area contributed by atoms with Crippen molar-refractivity contribution in [2.75, 3.05) is 0 Å². The molecule has 0 aliphatic carbocycles. The van der Waals surface area contributed by atoms with E-state index in [4.69, 9.17) is 16.3 Å². The topological polar surface area (TPSA) is 102 Å². The van der Waals surface area contributed by atoms with Crippen LogP contribution in [0, 0.1) is 0 Å². The number of nitrogens with two attached hydrogens (primary N) is 2. The summed E-state index contributed by atoms with van der Waals surface area (Å²) < 4.78 is 0. The molecule has 0 bridgehead atoms. The van der Waals surface area contributed by atoms with Crippen LogP contribution in [0.5, 0.6) is 5.75 Å². The van der Waals surface area contributed by atoms with Crippen LogP contribution in [-0.4, -0.2) is 28.0 Å². The average molecular weight is 489 g/mol. The van der Waals surface area contributed by atoms with Gasteiger partial charge in [0.2, 0.25) is 0 Å². The lowest BCUT2D eigenvalue weighted by Crippen LogP contribution is -2.63. The van der Waals surface area contributed by atoms with Crippen molar-refractivity contribution in [3.05, 3.63) is 102 Å². The highest BCUT2D eigenvalue weighted by Crippen LogP contribution is 2.38. The normalized spacial score (nSPS) is 12.0. The highest BCUT2D eigenvalue weighted by atomic mass is 16.7. The number of hydrazine groups is 1. The Labute approximate surface area is 213 Å². The minimum absolute atomic E-state index is 0.209. The predicted molar refractivity (Wildman–Crippen MR) is 141 cm³/mol. The molecule has 0 heterocycles. The van der Waals surface area contributed by atoms with E-state index in [-0.39, 0.29) is 6.54 Å². The Morgan fingerprint density at radius 2 is 1.44 bits per heavy atom. The number of rotatable bonds is 10. The number of carbonyl (C=O) groups is 2. The Hall–Kier alpha value is -3.68. The van der Waals surface area contributed by atoms with Crippen molar-refractivity contribution in [2.24, 2.45) is 11.5 Å². The molecule has 0 spiro atoms. The lowest BCUT2D eigenvalue weighted by atomic mass is 9.83. The first-order valence-corrected chi connectivity index (χ1v) is 12.3. The third-order valence-electron chi connectivity index (χ3n) is 6.32. The number of hydrogen-bond donors (Lipinski definition) is 2. The zero-order valence-corrected chi connectivity index (χ0v) is 21.3. The first-order valence-electron chi connectivity index (χ1n) is 12.3. The van der Waals surface area contributed by atoms with E-state index in [0.29, 0.717) is 17.7 Å². The summed E-state index contributed by atoms with van der Waals surface area (Å²) in [7, 11) is 0. The van der Waals surface area contributed by atoms with Gasteiger partial charge in [0.1, 0.15) is 5.54 Å². The van der Waals surface area contributed by atoms with Crippen LogP contribution >= 0.6 is 0 Å². The molecule has 36 heavy (non-hydrogen) atoms. The Morgan fingerprint density at radius 3 is 1.94 bits per heavy atom. The molecule has 4 N–H and O–H groups in total. The molecule has 0 aliphatic heterocycles. The van der Waals surface area contributed by atoms with Crippen molar-refractivity contribution in [3.8, 4) is 5.75 Å². The van der Waals surface area contributed by atoms with Crippen LogP contribution in [0.25, 0.3) is 0 Å². The molecule has 0 saturated heterocycles. The van der Waals surface area contributed by atoms with Crippen LogP contribution in [0.2, 0.25) is 0 Å². The molecule has 3 rings (SSSR count). The number of hydrogen-bond acceptors (Lipinski definition) is 5. The molecule has 0 saturated carbocycles. The van der Waals surface area contributed by atoms with Crippen molar-refractivity contribution in [3.63, 3.8) is 0 Å². The van der Waals surface area contributed by atoms with Gasteiger partial charge in [-0.1, -0.05) is 104 Å². The zero-order chi connectivity index (χ0) is 26.1. The van der Waals surface area contributed by atoms with E-state index in [1.165, 1.54) is 11.9 Å². The van der Waals surface area contributed by atoms with E-state index < -0.39 is 23.4 Å². The van der Waals surface area contributed by atoms with Crippen LogP contribution in [0.1, 0.15) is 56.7 Å². The quantitative estimate of drug-likeness (QED) is 0.409. The molecule has 3 aromatic carbocycles. The van der Waals surface area contributed by atoms with Crippen LogP contribution in [0.15, 0.2) is 84.9 Å². The SMILES string of the molecule is CCCCC(N)C(=O)N(N(Oc1ccccc1CN)C(C)=O)C(C)(c1ccccc1)c1ccccc1. The fourth-order valence-corrected chi connectivity index (χ4v) is 4.23. The second-order valence-corrected chi connectivity index (χ2v) is 8.90. The lowest BCUT2D eigenvalue weighted by molar-refractivity contribution is -0.240. The number of para-hydroxylation sites is 1. The molecule has 7 heteroatoms. The van der Waals surface area contributed by atoms with Gasteiger partial charge < -0.3 is 16.3 Å². The first kappa shape index (κ1) is 26.9. The number of benzene rings is 3. The zero-order valence-electron chi connectivity index (χ0n) is 21.3. The Bertz CT molecular complexity index is 1100. The van der Waals surface area contributed by atoms with Crippen molar-refractivity contribution in [2.45, 2.75) is 58.2 Å². The fraction of sp³-hybridized carbons (Fsp3) is 0.310. The van der Waals surface area contributed by atoms with Gasteiger partial charge in [-0.25, -0.2) is 5.01 Å². The van der Waals surface area contributed by atoms with Crippen LogP contribution in [0.4, 0.5) is 0 Å². The van der Waals surface area contributed by atoms with Crippen molar-refractivity contribution in [1.82, 2.24) is 10.2 Å². The van der Waals surface area contributed by atoms with Gasteiger partial charge in [0, 0.05) is 19.0 Å². The molecule has 0 fully saturated rings. The van der Waals surface area contributed by atoms with Gasteiger partial charge in [-0.15, -0.1) is 0 Å². The molecule has 2 amide bonds. The summed E-state index contributed by atoms with van der Waals surface area (Å²) in [5.74, 6) is -0.506. The molecule has 0 radical (unpaired) electrons. The maximum Gasteiger partial charge on any atom is 0.275 e. The molecule has 3 aromatic rings. The van der Waals surface area contributed by atoms with Crippen molar-refractivity contribution >= 4 is 11.8 Å². The summed E-state index contributed by atoms with van der Waals surface area (Å²) in [6, 6.07) is 25.5. The number of unbranched alkanes of at least 4 members (excludes halogenated alkanes) is 1. The van der Waals surface area contributed by atoms with E-state index in [1.54, 1.807) is 12.1 Å². The van der Waals surface area contributed by atoms with E-state index >= 15 is 0 Å². The standard InChI is InChI=1S/C29H36N4O3/c1-4-5-19-26(31)28(35)32(33(22(2)34)36-27-20-13-12-14-23(27)21-30)29(3,24-15-8-6-9-16-24)25-17-10-7-11-18-25/h6-18,20,26H,4-5,19,21,30-31H2,1-3H3. The fourth-order valence-electron chi connectivity index (χ4n) is 4.23. The van der Waals surface area contributed by atoms with Gasteiger partial charge in [0.25, 0.3) is 11.8 Å². The summed E-state index contributed by atoms with van der Waals surface area (Å²) >= 11 is 0. The van der Waals surface area contributed by atoms with E-state index in [9.17, 15) is 9.59 Å². The van der Waals surface area contributed by atoms with Gasteiger partial charge >= 0.3 is 0 Å². The second kappa shape index (κ2) is 12.3.